The van der Waals surface area contributed by atoms with Crippen molar-refractivity contribution in [2.75, 3.05) is 37.8 Å². The first-order valence-electron chi connectivity index (χ1n) is 8.69. The molecule has 3 rings (SSSR count). The second-order valence-electron chi connectivity index (χ2n) is 6.06. The van der Waals surface area contributed by atoms with E-state index in [1.165, 1.54) is 0 Å². The third kappa shape index (κ3) is 4.89. The van der Waals surface area contributed by atoms with Crippen LogP contribution in [0.5, 0.6) is 17.2 Å². The zero-order chi connectivity index (χ0) is 19.9. The van der Waals surface area contributed by atoms with Gasteiger partial charge in [0.1, 0.15) is 23.3 Å². The summed E-state index contributed by atoms with van der Waals surface area (Å²) in [5.74, 6) is 2.57. The van der Waals surface area contributed by atoms with Crippen LogP contribution in [0.3, 0.4) is 0 Å². The molecule has 1 atom stereocenters. The zero-order valence-corrected chi connectivity index (χ0v) is 16.5. The maximum atomic E-state index is 12.6. The molecule has 1 saturated heterocycles. The molecule has 0 bridgehead atoms. The number of rotatable bonds is 7. The molecule has 0 aliphatic carbocycles. The fourth-order valence-electron chi connectivity index (χ4n) is 2.71. The van der Waals surface area contributed by atoms with E-state index in [2.05, 4.69) is 5.32 Å². The van der Waals surface area contributed by atoms with Crippen LogP contribution in [-0.4, -0.2) is 55.2 Å². The van der Waals surface area contributed by atoms with Crippen LogP contribution in [0.4, 0.5) is 5.69 Å². The Labute approximate surface area is 167 Å². The molecule has 1 unspecified atom stereocenters. The molecular formula is C20H22N2O5S. The van der Waals surface area contributed by atoms with Gasteiger partial charge >= 0.3 is 0 Å². The molecule has 0 radical (unpaired) electrons. The number of thioether (sulfide) groups is 1. The van der Waals surface area contributed by atoms with Gasteiger partial charge in [-0.1, -0.05) is 0 Å². The lowest BCUT2D eigenvalue weighted by molar-refractivity contribution is -0.137. The number of carbonyl (C=O) groups excluding carboxylic acids is 2. The molecule has 2 aromatic rings. The van der Waals surface area contributed by atoms with E-state index in [4.69, 9.17) is 14.2 Å². The summed E-state index contributed by atoms with van der Waals surface area (Å²) in [6, 6.07) is 13.5. The third-order valence-corrected chi connectivity index (χ3v) is 5.30. The number of nitrogens with one attached hydrogen (secondary N) is 1. The van der Waals surface area contributed by atoms with Crippen LogP contribution in [0.15, 0.2) is 48.5 Å². The molecular weight excluding hydrogens is 380 g/mol. The summed E-state index contributed by atoms with van der Waals surface area (Å²) in [4.78, 5) is 26.7. The molecule has 0 saturated carbocycles. The summed E-state index contributed by atoms with van der Waals surface area (Å²) in [6.45, 7) is -0.126. The summed E-state index contributed by atoms with van der Waals surface area (Å²) in [5, 5.41) is 2.85. The molecule has 0 spiro atoms. The van der Waals surface area contributed by atoms with E-state index in [9.17, 15) is 9.59 Å². The first-order valence-corrected chi connectivity index (χ1v) is 9.85. The number of carbonyl (C=O) groups is 2. The Bertz CT molecular complexity index is 810. The summed E-state index contributed by atoms with van der Waals surface area (Å²) < 4.78 is 15.8. The fourth-order valence-corrected chi connectivity index (χ4v) is 3.89. The van der Waals surface area contributed by atoms with E-state index in [-0.39, 0.29) is 18.4 Å². The molecule has 2 amide bonds. The van der Waals surface area contributed by atoms with Crippen molar-refractivity contribution in [2.45, 2.75) is 6.04 Å². The van der Waals surface area contributed by atoms with Gasteiger partial charge in [-0.15, -0.1) is 11.8 Å². The van der Waals surface area contributed by atoms with Crippen LogP contribution < -0.4 is 19.5 Å². The molecule has 1 fully saturated rings. The zero-order valence-electron chi connectivity index (χ0n) is 15.7. The van der Waals surface area contributed by atoms with Crippen LogP contribution in [0.2, 0.25) is 0 Å². The van der Waals surface area contributed by atoms with Gasteiger partial charge in [0.25, 0.3) is 5.91 Å². The van der Waals surface area contributed by atoms with Gasteiger partial charge in [-0.3, -0.25) is 9.59 Å². The van der Waals surface area contributed by atoms with Gasteiger partial charge in [-0.05, 0) is 48.5 Å². The van der Waals surface area contributed by atoms with E-state index >= 15 is 0 Å². The first kappa shape index (κ1) is 19.9. The minimum absolute atomic E-state index is 0.126. The van der Waals surface area contributed by atoms with E-state index in [1.807, 2.05) is 0 Å². The van der Waals surface area contributed by atoms with Crippen molar-refractivity contribution in [3.05, 3.63) is 48.5 Å². The monoisotopic (exact) mass is 402 g/mol. The lowest BCUT2D eigenvalue weighted by atomic mass is 10.2. The fraction of sp³-hybridized carbons (Fsp3) is 0.300. The van der Waals surface area contributed by atoms with Crippen molar-refractivity contribution in [1.29, 1.82) is 0 Å². The molecule has 1 N–H and O–H groups in total. The highest BCUT2D eigenvalue weighted by molar-refractivity contribution is 7.99. The second-order valence-corrected chi connectivity index (χ2v) is 7.06. The number of nitrogens with zero attached hydrogens (tertiary/aromatic N) is 1. The van der Waals surface area contributed by atoms with E-state index in [1.54, 1.807) is 79.4 Å². The van der Waals surface area contributed by atoms with Gasteiger partial charge < -0.3 is 24.4 Å². The Balaban J connectivity index is 1.56. The van der Waals surface area contributed by atoms with Crippen molar-refractivity contribution in [3.8, 4) is 17.2 Å². The Morgan fingerprint density at radius 3 is 2.18 bits per heavy atom. The Morgan fingerprint density at radius 2 is 1.57 bits per heavy atom. The molecule has 1 aliphatic rings. The van der Waals surface area contributed by atoms with Gasteiger partial charge in [-0.2, -0.15) is 0 Å². The highest BCUT2D eigenvalue weighted by Crippen LogP contribution is 2.24. The van der Waals surface area contributed by atoms with Crippen LogP contribution in [0.25, 0.3) is 0 Å². The van der Waals surface area contributed by atoms with Crippen LogP contribution in [0, 0.1) is 0 Å². The molecule has 7 nitrogen and oxygen atoms in total. The van der Waals surface area contributed by atoms with Gasteiger partial charge in [0.05, 0.1) is 20.1 Å². The third-order valence-electron chi connectivity index (χ3n) is 4.28. The molecule has 28 heavy (non-hydrogen) atoms. The second kappa shape index (κ2) is 9.36. The van der Waals surface area contributed by atoms with Crippen LogP contribution in [0.1, 0.15) is 0 Å². The number of methoxy groups -OCH3 is 2. The van der Waals surface area contributed by atoms with E-state index in [0.717, 1.165) is 0 Å². The minimum Gasteiger partial charge on any atom is -0.497 e. The standard InChI is InChI=1S/C20H22N2O5S/c1-25-15-5-3-14(4-6-15)21-20(24)18-12-28-13-22(18)19(23)11-27-17-9-7-16(26-2)8-10-17/h3-10,18H,11-13H2,1-2H3,(H,21,24). The van der Waals surface area contributed by atoms with Crippen molar-refractivity contribution in [3.63, 3.8) is 0 Å². The van der Waals surface area contributed by atoms with E-state index < -0.39 is 6.04 Å². The molecule has 1 aliphatic heterocycles. The van der Waals surface area contributed by atoms with Crippen molar-refractivity contribution < 1.29 is 23.8 Å². The van der Waals surface area contributed by atoms with Gasteiger partial charge in [0, 0.05) is 11.4 Å². The molecule has 148 valence electrons. The normalized spacial score (nSPS) is 15.8. The average molecular weight is 402 g/mol. The predicted octanol–water partition coefficient (Wildman–Crippen LogP) is 2.62. The van der Waals surface area contributed by atoms with Crippen LogP contribution in [-0.2, 0) is 9.59 Å². The number of hydrogen-bond donors (Lipinski definition) is 1. The summed E-state index contributed by atoms with van der Waals surface area (Å²) in [7, 11) is 3.17. The first-order chi connectivity index (χ1) is 13.6. The number of hydrogen-bond acceptors (Lipinski definition) is 6. The maximum Gasteiger partial charge on any atom is 0.261 e. The van der Waals surface area contributed by atoms with Crippen molar-refractivity contribution >= 4 is 29.3 Å². The van der Waals surface area contributed by atoms with Gasteiger partial charge in [-0.25, -0.2) is 0 Å². The predicted molar refractivity (Wildman–Crippen MR) is 108 cm³/mol. The van der Waals surface area contributed by atoms with Crippen molar-refractivity contribution in [2.24, 2.45) is 0 Å². The molecule has 8 heteroatoms. The Kier molecular flexibility index (Phi) is 6.65. The summed E-state index contributed by atoms with van der Waals surface area (Å²) in [6.07, 6.45) is 0. The number of benzene rings is 2. The number of ether oxygens (including phenoxy) is 3. The van der Waals surface area contributed by atoms with E-state index in [0.29, 0.717) is 34.6 Å². The SMILES string of the molecule is COc1ccc(NC(=O)C2CSCN2C(=O)COc2ccc(OC)cc2)cc1. The largest absolute Gasteiger partial charge is 0.497 e. The van der Waals surface area contributed by atoms with Gasteiger partial charge in [0.2, 0.25) is 5.91 Å². The molecule has 2 aromatic carbocycles. The highest BCUT2D eigenvalue weighted by Gasteiger charge is 2.34. The highest BCUT2D eigenvalue weighted by atomic mass is 32.2. The lowest BCUT2D eigenvalue weighted by Crippen LogP contribution is -2.46. The minimum atomic E-state index is -0.529. The molecule has 0 aromatic heterocycles. The Hall–Kier alpha value is -2.87. The summed E-state index contributed by atoms with van der Waals surface area (Å²) >= 11 is 1.54. The van der Waals surface area contributed by atoms with Crippen molar-refractivity contribution in [1.82, 2.24) is 4.90 Å². The number of amides is 2. The lowest BCUT2D eigenvalue weighted by Gasteiger charge is -2.23. The smallest absolute Gasteiger partial charge is 0.261 e. The maximum absolute atomic E-state index is 12.6. The molecule has 1 heterocycles. The summed E-state index contributed by atoms with van der Waals surface area (Å²) in [5.41, 5.74) is 0.657. The average Bonchev–Trinajstić information content (AvgIpc) is 3.23. The Morgan fingerprint density at radius 1 is 1.00 bits per heavy atom. The quantitative estimate of drug-likeness (QED) is 0.767. The van der Waals surface area contributed by atoms with Crippen LogP contribution >= 0.6 is 11.8 Å². The van der Waals surface area contributed by atoms with Gasteiger partial charge in [0.15, 0.2) is 6.61 Å². The topological polar surface area (TPSA) is 77.1 Å². The number of anilines is 1.